The predicted octanol–water partition coefficient (Wildman–Crippen LogP) is 2.83. The number of esters is 1. The number of benzene rings is 3. The van der Waals surface area contributed by atoms with Gasteiger partial charge in [-0.1, -0.05) is 18.2 Å². The molecule has 284 valence electrons. The van der Waals surface area contributed by atoms with Crippen LogP contribution in [0.3, 0.4) is 0 Å². The van der Waals surface area contributed by atoms with E-state index in [-0.39, 0.29) is 47.2 Å². The maximum absolute atomic E-state index is 14.4. The Morgan fingerprint density at radius 3 is 2.49 bits per heavy atom. The summed E-state index contributed by atoms with van der Waals surface area (Å²) in [5.74, 6) is -1.00. The van der Waals surface area contributed by atoms with Gasteiger partial charge in [-0.25, -0.2) is 9.59 Å². The zero-order valence-electron chi connectivity index (χ0n) is 29.2. The summed E-state index contributed by atoms with van der Waals surface area (Å²) in [6.45, 7) is 2.93. The maximum Gasteiger partial charge on any atom is 0.509 e. The summed E-state index contributed by atoms with van der Waals surface area (Å²) in [4.78, 5) is 26.2. The van der Waals surface area contributed by atoms with Crippen LogP contribution in [0.25, 0.3) is 16.5 Å². The lowest BCUT2D eigenvalue weighted by Crippen LogP contribution is -2.62. The summed E-state index contributed by atoms with van der Waals surface area (Å²) >= 11 is 1.20. The highest BCUT2D eigenvalue weighted by atomic mass is 32.2. The van der Waals surface area contributed by atoms with Gasteiger partial charge in [0, 0.05) is 22.3 Å². The highest BCUT2D eigenvalue weighted by molar-refractivity contribution is 7.99. The molecule has 4 aliphatic rings. The van der Waals surface area contributed by atoms with E-state index in [1.807, 2.05) is 6.92 Å². The number of phenols is 1. The van der Waals surface area contributed by atoms with Crippen molar-refractivity contribution in [2.24, 2.45) is 0 Å². The van der Waals surface area contributed by atoms with Gasteiger partial charge in [-0.05, 0) is 66.7 Å². The lowest BCUT2D eigenvalue weighted by atomic mass is 9.96. The normalized spacial score (nSPS) is 30.6. The molecule has 10 atom stereocenters. The van der Waals surface area contributed by atoms with Crippen molar-refractivity contribution in [3.63, 3.8) is 0 Å². The van der Waals surface area contributed by atoms with Crippen LogP contribution < -0.4 is 10.1 Å². The van der Waals surface area contributed by atoms with E-state index in [1.54, 1.807) is 44.3 Å². The van der Waals surface area contributed by atoms with Gasteiger partial charge in [-0.15, -0.1) is 11.8 Å². The number of aromatic hydroxyl groups is 1. The van der Waals surface area contributed by atoms with Crippen LogP contribution >= 0.6 is 11.8 Å². The van der Waals surface area contributed by atoms with Crippen molar-refractivity contribution >= 4 is 40.4 Å². The summed E-state index contributed by atoms with van der Waals surface area (Å²) in [6.07, 6.45) is -10.3. The van der Waals surface area contributed by atoms with Crippen molar-refractivity contribution in [3.05, 3.63) is 75.4 Å². The molecule has 16 heteroatoms. The molecule has 15 nitrogen and oxygen atoms in total. The first-order chi connectivity index (χ1) is 25.4. The lowest BCUT2D eigenvalue weighted by Gasteiger charge is -2.42. The van der Waals surface area contributed by atoms with E-state index in [0.29, 0.717) is 33.2 Å². The van der Waals surface area contributed by atoms with E-state index in [4.69, 9.17) is 28.4 Å². The Labute approximate surface area is 308 Å². The van der Waals surface area contributed by atoms with Crippen molar-refractivity contribution < 1.29 is 68.6 Å². The molecule has 2 aliphatic carbocycles. The minimum Gasteiger partial charge on any atom is -0.507 e. The van der Waals surface area contributed by atoms with Gasteiger partial charge in [0.25, 0.3) is 0 Å². The Kier molecular flexibility index (Phi) is 10.2. The molecule has 0 amide bonds. The average Bonchev–Trinajstić information content (AvgIpc) is 3.76. The molecule has 0 saturated carbocycles. The first kappa shape index (κ1) is 37.2. The van der Waals surface area contributed by atoms with Crippen LogP contribution in [0.4, 0.5) is 4.79 Å². The minimum absolute atomic E-state index is 0.0184. The second kappa shape index (κ2) is 14.6. The highest BCUT2D eigenvalue weighted by Gasteiger charge is 2.53. The predicted molar refractivity (Wildman–Crippen MR) is 189 cm³/mol. The third-order valence-corrected chi connectivity index (χ3v) is 11.6. The first-order valence-corrected chi connectivity index (χ1v) is 18.1. The zero-order chi connectivity index (χ0) is 37.9. The number of aliphatic hydroxyl groups excluding tert-OH is 5. The van der Waals surface area contributed by atoms with Crippen molar-refractivity contribution in [2.45, 2.75) is 74.2 Å². The van der Waals surface area contributed by atoms with Gasteiger partial charge in [-0.2, -0.15) is 0 Å². The van der Waals surface area contributed by atoms with Crippen molar-refractivity contribution in [3.8, 4) is 11.5 Å². The topological polar surface area (TPSA) is 223 Å². The summed E-state index contributed by atoms with van der Waals surface area (Å²) in [5, 5.41) is 69.0. The molecule has 0 radical (unpaired) electrons. The van der Waals surface area contributed by atoms with Gasteiger partial charge in [0.05, 0.1) is 31.1 Å². The molecule has 53 heavy (non-hydrogen) atoms. The fourth-order valence-corrected chi connectivity index (χ4v) is 8.94. The second-order valence-electron chi connectivity index (χ2n) is 13.4. The van der Waals surface area contributed by atoms with E-state index in [2.05, 4.69) is 5.32 Å². The number of fused-ring (bicyclic) bond motifs is 4. The molecule has 0 spiro atoms. The Morgan fingerprint density at radius 2 is 1.81 bits per heavy atom. The molecule has 2 saturated heterocycles. The summed E-state index contributed by atoms with van der Waals surface area (Å²) in [6, 6.07) is 8.80. The molecular formula is C37H41NO14S. The number of methoxy groups -OCH3 is 1. The number of aryl methyl sites for hydroxylation is 1. The fraction of sp³-hybridized carbons (Fsp3) is 0.459. The Balaban J connectivity index is 1.37. The molecule has 7 N–H and O–H groups in total. The van der Waals surface area contributed by atoms with Crippen LogP contribution in [0, 0.1) is 6.92 Å². The van der Waals surface area contributed by atoms with E-state index in [1.165, 1.54) is 24.9 Å². The quantitative estimate of drug-likeness (QED) is 0.148. The number of hydrogen-bond donors (Lipinski definition) is 7. The standard InChI is InChI=1S/C37H41NO14S/c1-14-11-16(47-4)12-20-17(14)7-8-21(40)23(20)35(45)51-33-32(52-36-27(38-3)31(44)28(41)15(2)49-36)19-6-5-18-24(25(19)34(33)53-10-9-39)30(43)26(29(18)42)22-13-48-37(46)50-22/h5-8,11-12,15,22,27-29,31-34,36,38-44H,9-10,13H2,1-4H3/t15-,22-,27-,28+,29-,31-,32-,33+,34?,36?/m1/s1. The van der Waals surface area contributed by atoms with Gasteiger partial charge in [0.1, 0.15) is 59.9 Å². The van der Waals surface area contributed by atoms with E-state index in [9.17, 15) is 40.2 Å². The number of cyclic esters (lactones) is 2. The molecule has 2 fully saturated rings. The van der Waals surface area contributed by atoms with E-state index >= 15 is 0 Å². The van der Waals surface area contributed by atoms with Crippen LogP contribution in [-0.4, -0.2) is 119 Å². The zero-order valence-corrected chi connectivity index (χ0v) is 30.0. The fourth-order valence-electron chi connectivity index (χ4n) is 7.77. The number of carbonyl (C=O) groups excluding carboxylic acids is 2. The van der Waals surface area contributed by atoms with Gasteiger partial charge in [0.15, 0.2) is 12.4 Å². The second-order valence-corrected chi connectivity index (χ2v) is 14.6. The third kappa shape index (κ3) is 6.26. The molecule has 2 heterocycles. The SMILES string of the molecule is CN[C@H]1C(O[C@@H]2c3ccc4c(c3C(SCCO)[C@H]2OC(=O)c2c(O)ccc3c(C)cc(OC)cc23)C(O)=C([C@H]2COC(=O)O2)[C@@H]4O)O[C@H](C)[C@H](O)[C@@H]1O. The number of carbonyl (C=O) groups is 2. The van der Waals surface area contributed by atoms with Gasteiger partial charge >= 0.3 is 12.1 Å². The number of rotatable bonds is 10. The molecular weight excluding hydrogens is 714 g/mol. The Bertz CT molecular complexity index is 1970. The van der Waals surface area contributed by atoms with Gasteiger partial charge in [-0.3, -0.25) is 0 Å². The number of aliphatic hydroxyl groups is 5. The largest absolute Gasteiger partial charge is 0.509 e. The maximum atomic E-state index is 14.4. The van der Waals surface area contributed by atoms with Crippen molar-refractivity contribution in [1.82, 2.24) is 5.32 Å². The Hall–Kier alpha value is -4.13. The molecule has 2 aliphatic heterocycles. The van der Waals surface area contributed by atoms with Crippen molar-refractivity contribution in [2.75, 3.05) is 33.1 Å². The molecule has 7 rings (SSSR count). The van der Waals surface area contributed by atoms with E-state index < -0.39 is 72.4 Å². The molecule has 0 bridgehead atoms. The highest BCUT2D eigenvalue weighted by Crippen LogP contribution is 2.57. The lowest BCUT2D eigenvalue weighted by molar-refractivity contribution is -0.281. The summed E-state index contributed by atoms with van der Waals surface area (Å²) in [5.41, 5.74) is 2.03. The smallest absolute Gasteiger partial charge is 0.507 e. The molecule has 3 aromatic carbocycles. The number of hydrogen-bond acceptors (Lipinski definition) is 16. The molecule has 2 unspecified atom stereocenters. The molecule has 3 aromatic rings. The number of thioether (sulfide) groups is 1. The average molecular weight is 756 g/mol. The van der Waals surface area contributed by atoms with E-state index in [0.717, 1.165) is 5.56 Å². The number of ether oxygens (including phenoxy) is 6. The van der Waals surface area contributed by atoms with Crippen LogP contribution in [0.1, 0.15) is 62.6 Å². The summed E-state index contributed by atoms with van der Waals surface area (Å²) < 4.78 is 34.6. The first-order valence-electron chi connectivity index (χ1n) is 17.1. The minimum atomic E-state index is -1.38. The monoisotopic (exact) mass is 755 g/mol. The van der Waals surface area contributed by atoms with Crippen molar-refractivity contribution in [1.29, 1.82) is 0 Å². The van der Waals surface area contributed by atoms with Crippen LogP contribution in [0.15, 0.2) is 42.0 Å². The van der Waals surface area contributed by atoms with Crippen LogP contribution in [-0.2, 0) is 23.7 Å². The van der Waals surface area contributed by atoms with Gasteiger partial charge < -0.3 is 64.4 Å². The number of phenolic OH excluding ortho intramolecular Hbond substituents is 1. The van der Waals surface area contributed by atoms with Crippen LogP contribution in [0.5, 0.6) is 11.5 Å². The summed E-state index contributed by atoms with van der Waals surface area (Å²) in [7, 11) is 3.05. The van der Waals surface area contributed by atoms with Crippen LogP contribution in [0.2, 0.25) is 0 Å². The Morgan fingerprint density at radius 1 is 1.06 bits per heavy atom. The number of likely N-dealkylation sites (N-methyl/N-ethyl adjacent to an activating group) is 1. The third-order valence-electron chi connectivity index (χ3n) is 10.4. The molecule has 0 aromatic heterocycles. The van der Waals surface area contributed by atoms with Gasteiger partial charge in [0.2, 0.25) is 0 Å². The number of nitrogens with one attached hydrogen (secondary N) is 1.